The molecule has 2 amide bonds. The second kappa shape index (κ2) is 10.7. The molecule has 3 N–H and O–H groups in total. The highest BCUT2D eigenvalue weighted by Gasteiger charge is 2.50. The first kappa shape index (κ1) is 24.5. The summed E-state index contributed by atoms with van der Waals surface area (Å²) in [6.45, 7) is 3.10. The van der Waals surface area contributed by atoms with Crippen molar-refractivity contribution in [3.63, 3.8) is 0 Å². The number of ether oxygens (including phenoxy) is 2. The SMILES string of the molecule is CCCC(OC(C)=O)OC(=O)C1=CN2C(=O)C(NC(=O)C(=NOC)c3csc(N)n3)[C@H]2SC1. The fraction of sp³-hybridized carbons (Fsp3) is 0.474. The van der Waals surface area contributed by atoms with Crippen LogP contribution < -0.4 is 11.1 Å². The number of nitrogens with one attached hydrogen (secondary N) is 1. The second-order valence-corrected chi connectivity index (χ2v) is 8.97. The van der Waals surface area contributed by atoms with Gasteiger partial charge in [-0.05, 0) is 6.42 Å². The maximum Gasteiger partial charge on any atom is 0.339 e. The van der Waals surface area contributed by atoms with E-state index < -0.39 is 41.5 Å². The lowest BCUT2D eigenvalue weighted by atomic mass is 10.1. The highest BCUT2D eigenvalue weighted by molar-refractivity contribution is 8.00. The molecule has 1 aromatic heterocycles. The largest absolute Gasteiger partial charge is 0.425 e. The number of carbonyl (C=O) groups is 4. The Balaban J connectivity index is 1.63. The molecule has 33 heavy (non-hydrogen) atoms. The number of fused-ring (bicyclic) bond motifs is 1. The molecule has 14 heteroatoms. The topological polar surface area (TPSA) is 163 Å². The summed E-state index contributed by atoms with van der Waals surface area (Å²) in [5, 5.41) is 7.74. The van der Waals surface area contributed by atoms with E-state index in [1.54, 1.807) is 5.38 Å². The number of hydrogen-bond donors (Lipinski definition) is 2. The summed E-state index contributed by atoms with van der Waals surface area (Å²) >= 11 is 2.43. The predicted octanol–water partition coefficient (Wildman–Crippen LogP) is 0.592. The van der Waals surface area contributed by atoms with E-state index in [1.807, 2.05) is 6.92 Å². The molecular weight excluding hydrogens is 474 g/mol. The molecule has 3 atom stereocenters. The van der Waals surface area contributed by atoms with Gasteiger partial charge in [0.25, 0.3) is 11.8 Å². The van der Waals surface area contributed by atoms with E-state index in [0.29, 0.717) is 12.8 Å². The first-order chi connectivity index (χ1) is 15.7. The predicted molar refractivity (Wildman–Crippen MR) is 120 cm³/mol. The van der Waals surface area contributed by atoms with Crippen molar-refractivity contribution in [1.82, 2.24) is 15.2 Å². The molecule has 3 heterocycles. The average molecular weight is 498 g/mol. The molecule has 178 valence electrons. The van der Waals surface area contributed by atoms with Crippen LogP contribution in [0.25, 0.3) is 0 Å². The molecule has 0 aliphatic carbocycles. The molecule has 1 saturated heterocycles. The molecule has 3 rings (SSSR count). The quantitative estimate of drug-likeness (QED) is 0.162. The number of hydrogen-bond acceptors (Lipinski definition) is 12. The number of oxime groups is 1. The molecule has 2 unspecified atom stereocenters. The standard InChI is InChI=1S/C19H23N5O7S2/c1-4-5-12(30-9(2)25)31-18(28)10-6-24-16(27)14(17(24)32-7-10)22-15(26)13(23-29-3)11-8-33-19(20)21-11/h6,8,12,14,17H,4-5,7H2,1-3H3,(H2,20,21)(H,22,26)/t12?,14?,17-/m1/s1. The number of thioether (sulfide) groups is 1. The molecule has 1 aromatic rings. The Labute approximate surface area is 197 Å². The zero-order valence-corrected chi connectivity index (χ0v) is 19.7. The number of nitrogen functional groups attached to an aromatic ring is 1. The number of anilines is 1. The first-order valence-electron chi connectivity index (χ1n) is 9.91. The zero-order chi connectivity index (χ0) is 24.1. The number of carbonyl (C=O) groups excluding carboxylic acids is 4. The normalized spacial score (nSPS) is 20.7. The fourth-order valence-corrected chi connectivity index (χ4v) is 4.88. The van der Waals surface area contributed by atoms with Gasteiger partial charge in [-0.15, -0.1) is 23.1 Å². The number of nitrogens with zero attached hydrogens (tertiary/aromatic N) is 3. The van der Waals surface area contributed by atoms with Crippen molar-refractivity contribution in [2.45, 2.75) is 44.4 Å². The van der Waals surface area contributed by atoms with Gasteiger partial charge >= 0.3 is 11.9 Å². The third-order valence-corrected chi connectivity index (χ3v) is 6.55. The molecule has 0 saturated carbocycles. The zero-order valence-electron chi connectivity index (χ0n) is 18.1. The molecule has 2 aliphatic heterocycles. The third kappa shape index (κ3) is 5.63. The van der Waals surface area contributed by atoms with Gasteiger partial charge in [0.15, 0.2) is 10.8 Å². The molecule has 12 nitrogen and oxygen atoms in total. The van der Waals surface area contributed by atoms with Gasteiger partial charge < -0.3 is 30.3 Å². The van der Waals surface area contributed by atoms with E-state index in [2.05, 4.69) is 15.5 Å². The van der Waals surface area contributed by atoms with Crippen molar-refractivity contribution < 1.29 is 33.5 Å². The summed E-state index contributed by atoms with van der Waals surface area (Å²) in [5.41, 5.74) is 5.99. The van der Waals surface area contributed by atoms with E-state index in [1.165, 1.54) is 36.9 Å². The van der Waals surface area contributed by atoms with Crippen LogP contribution in [-0.2, 0) is 33.5 Å². The molecule has 0 radical (unpaired) electrons. The van der Waals surface area contributed by atoms with Crippen molar-refractivity contribution in [3.05, 3.63) is 22.8 Å². The number of amides is 2. The molecule has 2 aliphatic rings. The van der Waals surface area contributed by atoms with E-state index in [9.17, 15) is 19.2 Å². The maximum atomic E-state index is 12.7. The van der Waals surface area contributed by atoms with Crippen LogP contribution in [0.5, 0.6) is 0 Å². The summed E-state index contributed by atoms with van der Waals surface area (Å²) < 4.78 is 10.3. The molecule has 0 aromatic carbocycles. The van der Waals surface area contributed by atoms with Gasteiger partial charge in [0, 0.05) is 30.7 Å². The number of esters is 2. The van der Waals surface area contributed by atoms with E-state index in [4.69, 9.17) is 20.0 Å². The number of rotatable bonds is 9. The van der Waals surface area contributed by atoms with Crippen molar-refractivity contribution in [3.8, 4) is 0 Å². The lowest BCUT2D eigenvalue weighted by Gasteiger charge is -2.47. The Bertz CT molecular complexity index is 1010. The minimum Gasteiger partial charge on any atom is -0.425 e. The lowest BCUT2D eigenvalue weighted by molar-refractivity contribution is -0.184. The number of β-lactam (4-membered cyclic amide) rings is 1. The average Bonchev–Trinajstić information content (AvgIpc) is 3.20. The number of nitrogens with two attached hydrogens (primary N) is 1. The molecule has 0 spiro atoms. The molecule has 1 fully saturated rings. The van der Waals surface area contributed by atoms with Crippen LogP contribution in [0.2, 0.25) is 0 Å². The van der Waals surface area contributed by atoms with Gasteiger partial charge in [-0.2, -0.15) is 0 Å². The van der Waals surface area contributed by atoms with Crippen molar-refractivity contribution in [2.24, 2.45) is 5.16 Å². The second-order valence-electron chi connectivity index (χ2n) is 6.98. The van der Waals surface area contributed by atoms with E-state index in [0.717, 1.165) is 11.3 Å². The van der Waals surface area contributed by atoms with E-state index >= 15 is 0 Å². The minimum absolute atomic E-state index is 0.107. The van der Waals surface area contributed by atoms with E-state index in [-0.39, 0.29) is 27.9 Å². The van der Waals surface area contributed by atoms with Gasteiger partial charge in [-0.25, -0.2) is 9.78 Å². The number of aromatic nitrogens is 1. The van der Waals surface area contributed by atoms with Crippen LogP contribution in [0.4, 0.5) is 5.13 Å². The lowest BCUT2D eigenvalue weighted by Crippen LogP contribution is -2.69. The molecule has 0 bridgehead atoms. The Morgan fingerprint density at radius 1 is 1.39 bits per heavy atom. The van der Waals surface area contributed by atoms with Crippen molar-refractivity contribution in [1.29, 1.82) is 0 Å². The smallest absolute Gasteiger partial charge is 0.339 e. The molecular formula is C19H23N5O7S2. The third-order valence-electron chi connectivity index (χ3n) is 4.56. The highest BCUT2D eigenvalue weighted by atomic mass is 32.2. The Morgan fingerprint density at radius 2 is 2.15 bits per heavy atom. The van der Waals surface area contributed by atoms with Crippen molar-refractivity contribution in [2.75, 3.05) is 18.6 Å². The summed E-state index contributed by atoms with van der Waals surface area (Å²) in [4.78, 5) is 59.1. The van der Waals surface area contributed by atoms with Crippen LogP contribution in [0.3, 0.4) is 0 Å². The fourth-order valence-electron chi connectivity index (χ4n) is 3.08. The number of thiazole rings is 1. The Morgan fingerprint density at radius 3 is 2.76 bits per heavy atom. The highest BCUT2D eigenvalue weighted by Crippen LogP contribution is 2.36. The van der Waals surface area contributed by atoms with Gasteiger partial charge in [0.05, 0.1) is 5.57 Å². The Hall–Kier alpha value is -3.13. The van der Waals surface area contributed by atoms with Crippen LogP contribution in [0.15, 0.2) is 22.3 Å². The van der Waals surface area contributed by atoms with Crippen LogP contribution in [0.1, 0.15) is 32.4 Å². The maximum absolute atomic E-state index is 12.7. The van der Waals surface area contributed by atoms with Crippen LogP contribution in [-0.4, -0.2) is 69.9 Å². The Kier molecular flexibility index (Phi) is 7.92. The van der Waals surface area contributed by atoms with Gasteiger partial charge in [-0.3, -0.25) is 14.4 Å². The monoisotopic (exact) mass is 497 g/mol. The van der Waals surface area contributed by atoms with Crippen LogP contribution >= 0.6 is 23.1 Å². The van der Waals surface area contributed by atoms with Gasteiger partial charge in [0.1, 0.15) is 24.2 Å². The summed E-state index contributed by atoms with van der Waals surface area (Å²) in [6.07, 6.45) is 1.42. The summed E-state index contributed by atoms with van der Waals surface area (Å²) in [5.74, 6) is -2.01. The first-order valence-corrected chi connectivity index (χ1v) is 11.8. The summed E-state index contributed by atoms with van der Waals surface area (Å²) in [6, 6.07) is -0.816. The van der Waals surface area contributed by atoms with Crippen molar-refractivity contribution >= 4 is 57.7 Å². The minimum atomic E-state index is -0.985. The summed E-state index contributed by atoms with van der Waals surface area (Å²) in [7, 11) is 1.29. The van der Waals surface area contributed by atoms with Gasteiger partial charge in [-0.1, -0.05) is 12.1 Å². The van der Waals surface area contributed by atoms with Crippen LogP contribution in [0, 0.1) is 0 Å². The van der Waals surface area contributed by atoms with Gasteiger partial charge in [0.2, 0.25) is 6.29 Å².